The van der Waals surface area contributed by atoms with E-state index in [1.165, 1.54) is 0 Å². The maximum Gasteiger partial charge on any atom is 0.142 e. The predicted octanol–water partition coefficient (Wildman–Crippen LogP) is -2.82. The van der Waals surface area contributed by atoms with Crippen LogP contribution in [-0.2, 0) is 4.74 Å². The molecule has 3 aliphatic heterocycles. The molecule has 3 unspecified atom stereocenters. The number of nitrogens with one attached hydrogen (secondary N) is 3. The second-order valence-electron chi connectivity index (χ2n) is 5.64. The van der Waals surface area contributed by atoms with Gasteiger partial charge in [0.15, 0.2) is 0 Å². The third-order valence-corrected chi connectivity index (χ3v) is 4.61. The standard InChI is InChI=1S/C11H20N5O4S/c1-15-3-16(8-5(15)9(21)14-11(12)13-8)10-7(19)6(18)4(2-17)20-10/h4-8,10-13,17-19H,2-3H2,1H3,(H,14,21)/q-1/t4-,5?,6-,7-,8?,10-,11?/m1/s1. The molecule has 7 atom stereocenters. The molecule has 3 heterocycles. The van der Waals surface area contributed by atoms with Gasteiger partial charge in [-0.1, -0.05) is 12.2 Å². The molecule has 3 aliphatic rings. The van der Waals surface area contributed by atoms with E-state index in [2.05, 4.69) is 10.6 Å². The highest BCUT2D eigenvalue weighted by molar-refractivity contribution is 7.80. The zero-order valence-electron chi connectivity index (χ0n) is 11.5. The van der Waals surface area contributed by atoms with Crippen LogP contribution in [0.5, 0.6) is 0 Å². The van der Waals surface area contributed by atoms with Gasteiger partial charge >= 0.3 is 0 Å². The maximum absolute atomic E-state index is 10.2. The van der Waals surface area contributed by atoms with Crippen molar-refractivity contribution in [3.63, 3.8) is 0 Å². The molecule has 0 radical (unpaired) electrons. The SMILES string of the molecule is CN1CN([C@@H]2O[C@H](CO)[C@@H](O)[C@H]2O)C2NC([NH-])NC(=S)C21. The normalized spacial score (nSPS) is 48.4. The van der Waals surface area contributed by atoms with Crippen LogP contribution in [0.3, 0.4) is 0 Å². The number of hydrogen-bond acceptors (Lipinski definition) is 8. The molecule has 0 bridgehead atoms. The van der Waals surface area contributed by atoms with E-state index in [1.807, 2.05) is 16.8 Å². The number of ether oxygens (including phenoxy) is 1. The number of aliphatic hydroxyl groups is 3. The lowest BCUT2D eigenvalue weighted by molar-refractivity contribution is -0.110. The van der Waals surface area contributed by atoms with Crippen molar-refractivity contribution < 1.29 is 20.1 Å². The summed E-state index contributed by atoms with van der Waals surface area (Å²) in [6.45, 7) is 0.102. The number of fused-ring (bicyclic) bond motifs is 1. The number of nitrogens with zero attached hydrogens (tertiary/aromatic N) is 2. The fraction of sp³-hybridized carbons (Fsp3) is 0.909. The summed E-state index contributed by atoms with van der Waals surface area (Å²) in [5.41, 5.74) is 7.80. The van der Waals surface area contributed by atoms with Crippen LogP contribution >= 0.6 is 12.2 Å². The van der Waals surface area contributed by atoms with Crippen molar-refractivity contribution >= 4 is 17.2 Å². The summed E-state index contributed by atoms with van der Waals surface area (Å²) in [5, 5.41) is 35.1. The second kappa shape index (κ2) is 5.65. The molecular formula is C11H20N5O4S-. The van der Waals surface area contributed by atoms with E-state index in [0.29, 0.717) is 11.7 Å². The Morgan fingerprint density at radius 3 is 2.76 bits per heavy atom. The Kier molecular flexibility index (Phi) is 4.16. The third kappa shape index (κ3) is 2.46. The van der Waals surface area contributed by atoms with E-state index in [1.54, 1.807) is 0 Å². The smallest absolute Gasteiger partial charge is 0.142 e. The van der Waals surface area contributed by atoms with Crippen molar-refractivity contribution in [3.05, 3.63) is 5.73 Å². The van der Waals surface area contributed by atoms with Crippen molar-refractivity contribution in [1.29, 1.82) is 0 Å². The van der Waals surface area contributed by atoms with Gasteiger partial charge in [-0.15, -0.1) is 0 Å². The summed E-state index contributed by atoms with van der Waals surface area (Å²) >= 11 is 5.29. The number of thiocarbonyl (C=S) groups is 1. The van der Waals surface area contributed by atoms with Gasteiger partial charge in [0.05, 0.1) is 30.5 Å². The number of aliphatic hydroxyl groups excluding tert-OH is 3. The van der Waals surface area contributed by atoms with Gasteiger partial charge in [-0.3, -0.25) is 10.2 Å². The molecule has 0 saturated carbocycles. The maximum atomic E-state index is 10.2. The van der Waals surface area contributed by atoms with Crippen LogP contribution in [0.1, 0.15) is 0 Å². The van der Waals surface area contributed by atoms with E-state index in [0.717, 1.165) is 0 Å². The van der Waals surface area contributed by atoms with Gasteiger partial charge in [-0.2, -0.15) is 0 Å². The zero-order valence-corrected chi connectivity index (χ0v) is 12.3. The van der Waals surface area contributed by atoms with Crippen molar-refractivity contribution in [2.24, 2.45) is 0 Å². The summed E-state index contributed by atoms with van der Waals surface area (Å²) in [6.07, 6.45) is -4.85. The number of hydrogen-bond donors (Lipinski definition) is 5. The molecule has 9 nitrogen and oxygen atoms in total. The fourth-order valence-electron chi connectivity index (χ4n) is 3.22. The lowest BCUT2D eigenvalue weighted by Gasteiger charge is -2.43. The highest BCUT2D eigenvalue weighted by Gasteiger charge is 2.52. The van der Waals surface area contributed by atoms with Crippen LogP contribution in [0, 0.1) is 0 Å². The molecular weight excluding hydrogens is 298 g/mol. The Morgan fingerprint density at radius 2 is 2.14 bits per heavy atom. The molecule has 0 aromatic heterocycles. The minimum Gasteiger partial charge on any atom is -0.645 e. The topological polar surface area (TPSA) is 124 Å². The Bertz CT molecular complexity index is 429. The van der Waals surface area contributed by atoms with Gasteiger partial charge in [0.2, 0.25) is 0 Å². The van der Waals surface area contributed by atoms with E-state index < -0.39 is 30.8 Å². The first kappa shape index (κ1) is 15.5. The molecule has 3 saturated heterocycles. The number of likely N-dealkylation sites (N-methyl/N-ethyl adjacent to an activating group) is 1. The molecule has 120 valence electrons. The Balaban J connectivity index is 1.81. The van der Waals surface area contributed by atoms with Gasteiger partial charge in [0, 0.05) is 0 Å². The first-order chi connectivity index (χ1) is 9.93. The summed E-state index contributed by atoms with van der Waals surface area (Å²) in [6, 6.07) is -0.136. The molecule has 6 N–H and O–H groups in total. The molecule has 0 aliphatic carbocycles. The third-order valence-electron chi connectivity index (χ3n) is 4.25. The van der Waals surface area contributed by atoms with E-state index in [9.17, 15) is 15.3 Å². The average Bonchev–Trinajstić information content (AvgIpc) is 2.89. The van der Waals surface area contributed by atoms with Crippen LogP contribution in [0.2, 0.25) is 0 Å². The van der Waals surface area contributed by atoms with Crippen LogP contribution in [0.4, 0.5) is 0 Å². The van der Waals surface area contributed by atoms with Crippen molar-refractivity contribution in [1.82, 2.24) is 20.4 Å². The molecule has 0 spiro atoms. The van der Waals surface area contributed by atoms with Crippen LogP contribution in [-0.4, -0.2) is 93.5 Å². The second-order valence-corrected chi connectivity index (χ2v) is 6.08. The van der Waals surface area contributed by atoms with E-state index in [4.69, 9.17) is 22.7 Å². The lowest BCUT2D eigenvalue weighted by atomic mass is 10.1. The highest BCUT2D eigenvalue weighted by Crippen LogP contribution is 2.31. The summed E-state index contributed by atoms with van der Waals surface area (Å²) in [4.78, 5) is 4.37. The van der Waals surface area contributed by atoms with Crippen molar-refractivity contribution in [2.45, 2.75) is 43.0 Å². The van der Waals surface area contributed by atoms with Gasteiger partial charge in [0.25, 0.3) is 0 Å². The summed E-state index contributed by atoms with van der Waals surface area (Å²) < 4.78 is 5.57. The number of rotatable bonds is 2. The molecule has 0 aromatic carbocycles. The molecule has 3 rings (SSSR count). The minimum atomic E-state index is -1.13. The van der Waals surface area contributed by atoms with Crippen LogP contribution in [0.15, 0.2) is 0 Å². The highest BCUT2D eigenvalue weighted by atomic mass is 32.1. The molecule has 21 heavy (non-hydrogen) atoms. The first-order valence-corrected chi connectivity index (χ1v) is 7.21. The quantitative estimate of drug-likeness (QED) is 0.343. The van der Waals surface area contributed by atoms with Crippen LogP contribution < -0.4 is 10.6 Å². The van der Waals surface area contributed by atoms with Gasteiger partial charge < -0.3 is 31.1 Å². The summed E-state index contributed by atoms with van der Waals surface area (Å²) in [5.74, 6) is 0. The van der Waals surface area contributed by atoms with E-state index >= 15 is 0 Å². The molecule has 10 heteroatoms. The zero-order chi connectivity index (χ0) is 15.3. The van der Waals surface area contributed by atoms with Gasteiger partial charge in [-0.05, 0) is 13.3 Å². The monoisotopic (exact) mass is 318 g/mol. The van der Waals surface area contributed by atoms with Crippen LogP contribution in [0.25, 0.3) is 5.73 Å². The summed E-state index contributed by atoms with van der Waals surface area (Å²) in [7, 11) is 1.89. The Labute approximate surface area is 127 Å². The predicted molar refractivity (Wildman–Crippen MR) is 76.8 cm³/mol. The molecule has 0 aromatic rings. The van der Waals surface area contributed by atoms with Gasteiger partial charge in [0.1, 0.15) is 24.5 Å². The molecule has 0 amide bonds. The van der Waals surface area contributed by atoms with Crippen molar-refractivity contribution in [3.8, 4) is 0 Å². The fourth-order valence-corrected chi connectivity index (χ4v) is 3.65. The van der Waals surface area contributed by atoms with Gasteiger partial charge in [-0.25, -0.2) is 4.90 Å². The Hall–Kier alpha value is -0.430. The van der Waals surface area contributed by atoms with E-state index in [-0.39, 0.29) is 18.8 Å². The minimum absolute atomic E-state index is 0.136. The molecule has 3 fully saturated rings. The average molecular weight is 318 g/mol. The van der Waals surface area contributed by atoms with Crippen molar-refractivity contribution in [2.75, 3.05) is 20.3 Å². The first-order valence-electron chi connectivity index (χ1n) is 6.80. The largest absolute Gasteiger partial charge is 0.645 e. The Morgan fingerprint density at radius 1 is 1.43 bits per heavy atom. The lowest BCUT2D eigenvalue weighted by Crippen LogP contribution is -2.67.